The minimum Gasteiger partial charge on any atom is -0.487 e. The summed E-state index contributed by atoms with van der Waals surface area (Å²) in [7, 11) is -1.45. The van der Waals surface area contributed by atoms with Crippen LogP contribution in [0.15, 0.2) is 52.2 Å². The number of hydrogen-bond acceptors (Lipinski definition) is 5. The highest BCUT2D eigenvalue weighted by molar-refractivity contribution is 7.88. The maximum atomic E-state index is 13.5. The third kappa shape index (κ3) is 6.77. The molecule has 8 heteroatoms. The number of carboxylic acid groups (broad SMARTS) is 1. The second kappa shape index (κ2) is 11.4. The third-order valence-corrected chi connectivity index (χ3v) is 7.72. The number of aliphatic carboxylic acids is 1. The molecule has 0 aliphatic heterocycles. The van der Waals surface area contributed by atoms with Crippen LogP contribution in [0.25, 0.3) is 6.08 Å². The average molecular weight is 499 g/mol. The maximum Gasteiger partial charge on any atom is 0.328 e. The number of benzene rings is 2. The minimum atomic E-state index is -1.45. The lowest BCUT2D eigenvalue weighted by atomic mass is 10.1. The highest BCUT2D eigenvalue weighted by Gasteiger charge is 2.24. The third-order valence-electron chi connectivity index (χ3n) is 5.11. The van der Waals surface area contributed by atoms with Crippen LogP contribution in [0.4, 0.5) is 5.69 Å². The summed E-state index contributed by atoms with van der Waals surface area (Å²) in [5, 5.41) is 10.7. The molecular formula is C26H30N2O4S2. The molecule has 3 rings (SSSR count). The van der Waals surface area contributed by atoms with Crippen LogP contribution < -0.4 is 9.04 Å². The summed E-state index contributed by atoms with van der Waals surface area (Å²) >= 11 is 1.40. The van der Waals surface area contributed by atoms with E-state index in [1.165, 1.54) is 11.3 Å². The molecule has 1 unspecified atom stereocenters. The van der Waals surface area contributed by atoms with Crippen molar-refractivity contribution in [2.75, 3.05) is 10.8 Å². The fourth-order valence-corrected chi connectivity index (χ4v) is 5.66. The molecule has 0 saturated carbocycles. The lowest BCUT2D eigenvalue weighted by Gasteiger charge is -2.27. The Labute approximate surface area is 207 Å². The summed E-state index contributed by atoms with van der Waals surface area (Å²) in [6, 6.07) is 11.5. The molecule has 0 aliphatic rings. The zero-order valence-electron chi connectivity index (χ0n) is 20.1. The van der Waals surface area contributed by atoms with Gasteiger partial charge in [0.05, 0.1) is 5.69 Å². The summed E-state index contributed by atoms with van der Waals surface area (Å²) < 4.78 is 22.2. The molecule has 0 spiro atoms. The molecule has 0 amide bonds. The van der Waals surface area contributed by atoms with Gasteiger partial charge in [-0.2, -0.15) is 0 Å². The first-order chi connectivity index (χ1) is 16.1. The molecule has 1 heterocycles. The lowest BCUT2D eigenvalue weighted by molar-refractivity contribution is -0.131. The van der Waals surface area contributed by atoms with Gasteiger partial charge in [0.25, 0.3) is 0 Å². The number of ether oxygens (including phenoxy) is 1. The molecule has 0 saturated heterocycles. The molecule has 1 atom stereocenters. The largest absolute Gasteiger partial charge is 0.487 e. The van der Waals surface area contributed by atoms with Gasteiger partial charge in [0, 0.05) is 23.7 Å². The SMILES string of the molecule is Cc1csc(S(=O)N(CC(C)C)c2cc(C)c(C)cc2OCc2ccc(/C=C/C(=O)O)cc2)n1. The number of rotatable bonds is 10. The van der Waals surface area contributed by atoms with Gasteiger partial charge in [0.15, 0.2) is 11.0 Å². The number of thiazole rings is 1. The summed E-state index contributed by atoms with van der Waals surface area (Å²) in [6.07, 6.45) is 2.66. The smallest absolute Gasteiger partial charge is 0.328 e. The topological polar surface area (TPSA) is 79.7 Å². The van der Waals surface area contributed by atoms with Crippen molar-refractivity contribution in [2.45, 2.75) is 45.6 Å². The Kier molecular flexibility index (Phi) is 8.63. The van der Waals surface area contributed by atoms with Crippen molar-refractivity contribution in [3.05, 3.63) is 75.8 Å². The second-order valence-corrected chi connectivity index (χ2v) is 11.0. The van der Waals surface area contributed by atoms with Gasteiger partial charge in [-0.15, -0.1) is 11.3 Å². The van der Waals surface area contributed by atoms with Crippen LogP contribution in [-0.4, -0.2) is 26.8 Å². The van der Waals surface area contributed by atoms with E-state index in [1.807, 2.05) is 66.9 Å². The van der Waals surface area contributed by atoms with Crippen molar-refractivity contribution >= 4 is 40.1 Å². The Bertz CT molecular complexity index is 1200. The van der Waals surface area contributed by atoms with E-state index >= 15 is 0 Å². The van der Waals surface area contributed by atoms with E-state index in [2.05, 4.69) is 18.8 Å². The van der Waals surface area contributed by atoms with Gasteiger partial charge in [-0.25, -0.2) is 14.0 Å². The summed E-state index contributed by atoms with van der Waals surface area (Å²) in [5.74, 6) is -0.0305. The molecule has 1 aromatic heterocycles. The average Bonchev–Trinajstić information content (AvgIpc) is 3.23. The van der Waals surface area contributed by atoms with E-state index in [4.69, 9.17) is 9.84 Å². The van der Waals surface area contributed by atoms with Crippen LogP contribution >= 0.6 is 11.3 Å². The summed E-state index contributed by atoms with van der Waals surface area (Å²) in [4.78, 5) is 15.2. The van der Waals surface area contributed by atoms with Crippen molar-refractivity contribution in [1.29, 1.82) is 0 Å². The van der Waals surface area contributed by atoms with Crippen molar-refractivity contribution in [2.24, 2.45) is 5.92 Å². The molecule has 1 N–H and O–H groups in total. The first kappa shape index (κ1) is 25.6. The number of hydrogen-bond donors (Lipinski definition) is 1. The minimum absolute atomic E-state index is 0.283. The molecule has 0 bridgehead atoms. The fourth-order valence-electron chi connectivity index (χ4n) is 3.23. The van der Waals surface area contributed by atoms with Crippen molar-refractivity contribution in [1.82, 2.24) is 4.98 Å². The zero-order valence-corrected chi connectivity index (χ0v) is 21.7. The normalized spacial score (nSPS) is 12.3. The van der Waals surface area contributed by atoms with Gasteiger partial charge in [-0.05, 0) is 67.2 Å². The molecule has 2 aromatic carbocycles. The Morgan fingerprint density at radius 1 is 1.18 bits per heavy atom. The van der Waals surface area contributed by atoms with Crippen molar-refractivity contribution < 1.29 is 18.8 Å². The van der Waals surface area contributed by atoms with E-state index in [0.717, 1.165) is 39.7 Å². The van der Waals surface area contributed by atoms with Gasteiger partial charge < -0.3 is 9.84 Å². The number of aryl methyl sites for hydroxylation is 3. The zero-order chi connectivity index (χ0) is 24.8. The van der Waals surface area contributed by atoms with Gasteiger partial charge in [-0.3, -0.25) is 4.31 Å². The van der Waals surface area contributed by atoms with Gasteiger partial charge >= 0.3 is 5.97 Å². The van der Waals surface area contributed by atoms with Gasteiger partial charge in [0.2, 0.25) is 4.34 Å². The predicted molar refractivity (Wildman–Crippen MR) is 139 cm³/mol. The number of carboxylic acids is 1. The van der Waals surface area contributed by atoms with Crippen molar-refractivity contribution in [3.63, 3.8) is 0 Å². The van der Waals surface area contributed by atoms with E-state index in [1.54, 1.807) is 6.08 Å². The summed E-state index contributed by atoms with van der Waals surface area (Å²) in [5.41, 5.74) is 5.57. The predicted octanol–water partition coefficient (Wildman–Crippen LogP) is 5.93. The Morgan fingerprint density at radius 3 is 2.44 bits per heavy atom. The standard InChI is InChI=1S/C26H30N2O4S2/c1-17(2)14-28(34(31)26-27-20(5)16-33-26)23-12-18(3)19(4)13-24(23)32-15-22-8-6-21(7-9-22)10-11-25(29)30/h6-13,16-17H,14-15H2,1-5H3,(H,29,30)/b11-10+. The van der Waals surface area contributed by atoms with E-state index < -0.39 is 17.0 Å². The fraction of sp³-hybridized carbons (Fsp3) is 0.308. The molecule has 180 valence electrons. The highest BCUT2D eigenvalue weighted by atomic mass is 32.2. The Balaban J connectivity index is 1.89. The first-order valence-electron chi connectivity index (χ1n) is 11.0. The van der Waals surface area contributed by atoms with Crippen LogP contribution in [0.2, 0.25) is 0 Å². The molecular weight excluding hydrogens is 468 g/mol. The van der Waals surface area contributed by atoms with E-state index in [0.29, 0.717) is 23.2 Å². The molecule has 3 aromatic rings. The number of carbonyl (C=O) groups is 1. The highest BCUT2D eigenvalue weighted by Crippen LogP contribution is 2.35. The van der Waals surface area contributed by atoms with Crippen LogP contribution in [0.3, 0.4) is 0 Å². The van der Waals surface area contributed by atoms with Gasteiger partial charge in [-0.1, -0.05) is 38.1 Å². The molecule has 0 radical (unpaired) electrons. The summed E-state index contributed by atoms with van der Waals surface area (Å²) in [6.45, 7) is 11.1. The van der Waals surface area contributed by atoms with Crippen LogP contribution in [0.1, 0.15) is 41.8 Å². The number of aromatic nitrogens is 1. The number of nitrogens with zero attached hydrogens (tertiary/aromatic N) is 2. The monoisotopic (exact) mass is 498 g/mol. The van der Waals surface area contributed by atoms with Crippen LogP contribution in [-0.2, 0) is 22.4 Å². The van der Waals surface area contributed by atoms with Gasteiger partial charge in [0.1, 0.15) is 12.4 Å². The molecule has 6 nitrogen and oxygen atoms in total. The maximum absolute atomic E-state index is 13.5. The molecule has 0 aliphatic carbocycles. The van der Waals surface area contributed by atoms with E-state index in [9.17, 15) is 9.00 Å². The Morgan fingerprint density at radius 2 is 1.85 bits per heavy atom. The number of anilines is 1. The quantitative estimate of drug-likeness (QED) is 0.351. The second-order valence-electron chi connectivity index (χ2n) is 8.56. The Hall–Kier alpha value is -2.97. The van der Waals surface area contributed by atoms with Crippen LogP contribution in [0, 0.1) is 26.7 Å². The molecule has 34 heavy (non-hydrogen) atoms. The molecule has 0 fully saturated rings. The lowest BCUT2D eigenvalue weighted by Crippen LogP contribution is -2.30. The van der Waals surface area contributed by atoms with E-state index in [-0.39, 0.29) is 5.92 Å². The van der Waals surface area contributed by atoms with Crippen molar-refractivity contribution in [3.8, 4) is 5.75 Å². The first-order valence-corrected chi connectivity index (χ1v) is 13.0. The van der Waals surface area contributed by atoms with Crippen LogP contribution in [0.5, 0.6) is 5.75 Å².